The number of hydrogen-bond donors (Lipinski definition) is 3. The van der Waals surface area contributed by atoms with Crippen molar-refractivity contribution in [1.29, 1.82) is 0 Å². The van der Waals surface area contributed by atoms with Gasteiger partial charge in [0.15, 0.2) is 0 Å². The Labute approximate surface area is 206 Å². The van der Waals surface area contributed by atoms with Gasteiger partial charge >= 0.3 is 12.6 Å². The van der Waals surface area contributed by atoms with Crippen LogP contribution in [0.4, 0.5) is 29.9 Å². The first kappa shape index (κ1) is 24.1. The molecule has 1 saturated carbocycles. The number of fused-ring (bicyclic) bond motifs is 1. The molecule has 2 aliphatic rings. The SMILES string of the molecule is Cn1nc(OC(F)F)cc1Nc1nncn1[C@H]1CCc2sc(NC(=O)[C@H]3C[C@H](F)C3)c(C(=O)O)c2C1. The first-order chi connectivity index (χ1) is 17.2. The van der Waals surface area contributed by atoms with Gasteiger partial charge in [0.25, 0.3) is 0 Å². The highest BCUT2D eigenvalue weighted by Crippen LogP contribution is 2.42. The molecule has 0 saturated heterocycles. The summed E-state index contributed by atoms with van der Waals surface area (Å²) >= 11 is 1.24. The van der Waals surface area contributed by atoms with Crippen LogP contribution in [0.3, 0.4) is 0 Å². The molecule has 0 aromatic carbocycles. The van der Waals surface area contributed by atoms with E-state index in [-0.39, 0.29) is 41.2 Å². The standard InChI is InChI=1S/C21H22F3N7O4S/c1-30-14(7-15(29-30)35-20(23)24)26-21-28-25-8-31(21)11-2-3-13-12(6-11)16(19(33)34)18(36-13)27-17(32)9-4-10(22)5-9/h7-11,20H,2-6H2,1H3,(H,26,28)(H,27,32)(H,33,34)/t9-,10-,11-/m0/s1. The van der Waals surface area contributed by atoms with Crippen molar-refractivity contribution in [2.75, 3.05) is 10.6 Å². The fourth-order valence-electron chi connectivity index (χ4n) is 4.51. The molecule has 5 rings (SSSR count). The molecule has 3 N–H and O–H groups in total. The van der Waals surface area contributed by atoms with E-state index in [1.54, 1.807) is 11.6 Å². The van der Waals surface area contributed by atoms with Crippen LogP contribution in [0.2, 0.25) is 0 Å². The molecule has 0 spiro atoms. The first-order valence-corrected chi connectivity index (χ1v) is 12.0. The largest absolute Gasteiger partial charge is 0.478 e. The van der Waals surface area contributed by atoms with Crippen molar-refractivity contribution < 1.29 is 32.6 Å². The number of thiophene rings is 1. The molecule has 11 nitrogen and oxygen atoms in total. The Kier molecular flexibility index (Phi) is 6.32. The number of aryl methyl sites for hydroxylation is 2. The van der Waals surface area contributed by atoms with Gasteiger partial charge in [-0.25, -0.2) is 13.9 Å². The fourth-order valence-corrected chi connectivity index (χ4v) is 5.75. The summed E-state index contributed by atoms with van der Waals surface area (Å²) in [7, 11) is 1.55. The van der Waals surface area contributed by atoms with Gasteiger partial charge in [0.05, 0.1) is 5.56 Å². The van der Waals surface area contributed by atoms with Crippen molar-refractivity contribution in [3.63, 3.8) is 0 Å². The second-order valence-corrected chi connectivity index (χ2v) is 9.83. The minimum absolute atomic E-state index is 0.0483. The smallest absolute Gasteiger partial charge is 0.388 e. The Balaban J connectivity index is 1.35. The zero-order valence-electron chi connectivity index (χ0n) is 18.9. The third-order valence-electron chi connectivity index (χ3n) is 6.41. The van der Waals surface area contributed by atoms with E-state index in [4.69, 9.17) is 0 Å². The summed E-state index contributed by atoms with van der Waals surface area (Å²) in [6, 6.07) is 1.10. The molecule has 3 aromatic rings. The van der Waals surface area contributed by atoms with E-state index in [9.17, 15) is 27.9 Å². The lowest BCUT2D eigenvalue weighted by Gasteiger charge is -2.28. The zero-order chi connectivity index (χ0) is 25.6. The molecule has 0 radical (unpaired) electrons. The molecule has 2 aliphatic carbocycles. The lowest BCUT2D eigenvalue weighted by atomic mass is 9.83. The Hall–Kier alpha value is -3.62. The Morgan fingerprint density at radius 2 is 2.11 bits per heavy atom. The topological polar surface area (TPSA) is 136 Å². The van der Waals surface area contributed by atoms with Crippen LogP contribution >= 0.6 is 11.3 Å². The van der Waals surface area contributed by atoms with E-state index >= 15 is 0 Å². The van der Waals surface area contributed by atoms with E-state index in [0.717, 1.165) is 4.88 Å². The van der Waals surface area contributed by atoms with Crippen molar-refractivity contribution >= 4 is 40.0 Å². The van der Waals surface area contributed by atoms with Crippen molar-refractivity contribution in [3.8, 4) is 5.88 Å². The van der Waals surface area contributed by atoms with Gasteiger partial charge < -0.3 is 20.5 Å². The van der Waals surface area contributed by atoms with E-state index in [2.05, 4.69) is 30.7 Å². The summed E-state index contributed by atoms with van der Waals surface area (Å²) < 4.78 is 45.6. The number of aromatic carboxylic acids is 1. The maximum atomic E-state index is 13.2. The minimum Gasteiger partial charge on any atom is -0.478 e. The van der Waals surface area contributed by atoms with Gasteiger partial charge in [-0.1, -0.05) is 0 Å². The number of hydrogen-bond acceptors (Lipinski definition) is 8. The van der Waals surface area contributed by atoms with E-state index in [1.165, 1.54) is 28.4 Å². The maximum absolute atomic E-state index is 13.2. The number of carboxylic acids is 1. The molecule has 3 heterocycles. The molecular weight excluding hydrogens is 503 g/mol. The number of alkyl halides is 3. The molecule has 0 bridgehead atoms. The van der Waals surface area contributed by atoms with Crippen LogP contribution < -0.4 is 15.4 Å². The van der Waals surface area contributed by atoms with Crippen LogP contribution in [0.25, 0.3) is 0 Å². The number of nitrogens with one attached hydrogen (secondary N) is 2. The van der Waals surface area contributed by atoms with Crippen LogP contribution in [0.1, 0.15) is 46.1 Å². The summed E-state index contributed by atoms with van der Waals surface area (Å²) in [5, 5.41) is 27.8. The third kappa shape index (κ3) is 4.62. The molecule has 3 aromatic heterocycles. The van der Waals surface area contributed by atoms with E-state index < -0.39 is 24.7 Å². The van der Waals surface area contributed by atoms with Gasteiger partial charge in [0, 0.05) is 30.0 Å². The predicted octanol–water partition coefficient (Wildman–Crippen LogP) is 3.53. The number of anilines is 3. The molecule has 0 aliphatic heterocycles. The van der Waals surface area contributed by atoms with Gasteiger partial charge in [-0.2, -0.15) is 8.78 Å². The molecule has 1 atom stereocenters. The van der Waals surface area contributed by atoms with Crippen LogP contribution in [0.5, 0.6) is 5.88 Å². The van der Waals surface area contributed by atoms with Crippen molar-refractivity contribution in [2.45, 2.75) is 50.9 Å². The van der Waals surface area contributed by atoms with Gasteiger partial charge in [0.1, 0.15) is 23.3 Å². The van der Waals surface area contributed by atoms with Gasteiger partial charge in [-0.05, 0) is 37.7 Å². The molecule has 0 unspecified atom stereocenters. The highest BCUT2D eigenvalue weighted by atomic mass is 32.1. The van der Waals surface area contributed by atoms with Crippen LogP contribution in [0.15, 0.2) is 12.4 Å². The Morgan fingerprint density at radius 1 is 1.33 bits per heavy atom. The van der Waals surface area contributed by atoms with Crippen molar-refractivity contribution in [3.05, 3.63) is 28.4 Å². The van der Waals surface area contributed by atoms with Crippen LogP contribution in [-0.2, 0) is 24.7 Å². The number of carbonyl (C=O) groups excluding carboxylic acids is 1. The van der Waals surface area contributed by atoms with Gasteiger partial charge in [-0.15, -0.1) is 26.6 Å². The molecule has 15 heteroatoms. The quantitative estimate of drug-likeness (QED) is 0.406. The van der Waals surface area contributed by atoms with E-state index in [0.29, 0.717) is 36.6 Å². The van der Waals surface area contributed by atoms with Gasteiger partial charge in [-0.3, -0.25) is 9.36 Å². The first-order valence-electron chi connectivity index (χ1n) is 11.2. The fraction of sp³-hybridized carbons (Fsp3) is 0.476. The lowest BCUT2D eigenvalue weighted by molar-refractivity contribution is -0.124. The number of aromatic nitrogens is 5. The second kappa shape index (κ2) is 9.44. The molecule has 36 heavy (non-hydrogen) atoms. The molecular formula is C21H22F3N7O4S. The summed E-state index contributed by atoms with van der Waals surface area (Å²) in [6.45, 7) is -3.01. The zero-order valence-corrected chi connectivity index (χ0v) is 19.8. The molecule has 192 valence electrons. The van der Waals surface area contributed by atoms with Crippen molar-refractivity contribution in [1.82, 2.24) is 24.5 Å². The van der Waals surface area contributed by atoms with E-state index in [1.807, 2.05) is 0 Å². The second-order valence-electron chi connectivity index (χ2n) is 8.72. The Morgan fingerprint density at radius 3 is 2.81 bits per heavy atom. The van der Waals surface area contributed by atoms with Crippen molar-refractivity contribution in [2.24, 2.45) is 13.0 Å². The number of amides is 1. The normalized spacial score (nSPS) is 21.1. The summed E-state index contributed by atoms with van der Waals surface area (Å²) in [4.78, 5) is 25.4. The lowest BCUT2D eigenvalue weighted by Crippen LogP contribution is -2.35. The number of rotatable bonds is 8. The monoisotopic (exact) mass is 525 g/mol. The van der Waals surface area contributed by atoms with Crippen LogP contribution in [0, 0.1) is 5.92 Å². The summed E-state index contributed by atoms with van der Waals surface area (Å²) in [5.41, 5.74) is 0.677. The average Bonchev–Trinajstić information content (AvgIpc) is 3.47. The highest BCUT2D eigenvalue weighted by Gasteiger charge is 2.36. The van der Waals surface area contributed by atoms with Crippen LogP contribution in [-0.4, -0.2) is 54.3 Å². The number of carboxylic acid groups (broad SMARTS) is 1. The molecule has 1 amide bonds. The number of ether oxygens (including phenoxy) is 1. The maximum Gasteiger partial charge on any atom is 0.388 e. The predicted molar refractivity (Wildman–Crippen MR) is 122 cm³/mol. The van der Waals surface area contributed by atoms with Gasteiger partial charge in [0.2, 0.25) is 17.7 Å². The minimum atomic E-state index is -3.01. The third-order valence-corrected chi connectivity index (χ3v) is 7.62. The molecule has 1 fully saturated rings. The Bertz CT molecular complexity index is 1300. The number of carbonyl (C=O) groups is 2. The number of halogens is 3. The summed E-state index contributed by atoms with van der Waals surface area (Å²) in [5.74, 6) is -1.55. The number of nitrogens with zero attached hydrogens (tertiary/aromatic N) is 5. The average molecular weight is 526 g/mol. The highest BCUT2D eigenvalue weighted by molar-refractivity contribution is 7.17. The summed E-state index contributed by atoms with van der Waals surface area (Å²) in [6.07, 6.45) is 2.41.